The number of hydrogen-bond donors (Lipinski definition) is 3. The Kier molecular flexibility index (Phi) is 5.79. The van der Waals surface area contributed by atoms with Crippen LogP contribution in [0.2, 0.25) is 0 Å². The summed E-state index contributed by atoms with van der Waals surface area (Å²) in [6, 6.07) is 7.41. The summed E-state index contributed by atoms with van der Waals surface area (Å²) in [5.41, 5.74) is 3.51. The van der Waals surface area contributed by atoms with E-state index in [1.54, 1.807) is 44.3 Å². The second-order valence-electron chi connectivity index (χ2n) is 8.13. The van der Waals surface area contributed by atoms with Gasteiger partial charge in [-0.2, -0.15) is 0 Å². The number of rotatable bonds is 4. The van der Waals surface area contributed by atoms with Crippen LogP contribution in [0.3, 0.4) is 0 Å². The molecule has 3 rings (SSSR count). The van der Waals surface area contributed by atoms with Crippen molar-refractivity contribution >= 4 is 29.3 Å². The van der Waals surface area contributed by atoms with Crippen molar-refractivity contribution in [2.24, 2.45) is 0 Å². The largest absolute Gasteiger partial charge is 0.422 e. The average molecular weight is 414 g/mol. The van der Waals surface area contributed by atoms with Gasteiger partial charge in [-0.1, -0.05) is 20.8 Å². The van der Waals surface area contributed by atoms with E-state index >= 15 is 0 Å². The molecule has 2 unspecified atom stereocenters. The van der Waals surface area contributed by atoms with Crippen LogP contribution >= 0.6 is 0 Å². The van der Waals surface area contributed by atoms with Gasteiger partial charge >= 0.3 is 12.1 Å². The maximum atomic E-state index is 12.8. The third kappa shape index (κ3) is 4.28. The summed E-state index contributed by atoms with van der Waals surface area (Å²) < 4.78 is 5.61. The number of hydrogen-bond acceptors (Lipinski definition) is 7. The Morgan fingerprint density at radius 2 is 1.80 bits per heavy atom. The minimum Gasteiger partial charge on any atom is -0.422 e. The highest BCUT2D eigenvalue weighted by Crippen LogP contribution is 2.30. The fraction of sp³-hybridized carbons (Fsp3) is 0.400. The van der Waals surface area contributed by atoms with E-state index < -0.39 is 18.4 Å². The quantitative estimate of drug-likeness (QED) is 0.656. The lowest BCUT2D eigenvalue weighted by Gasteiger charge is -2.25. The standard InChI is InChI=1S/C20H26N6O4/c1-12-17(30-18(27)23-13-6-8-14(24-29)9-7-13)26(19(28)25(12)5)16-10-15(20(2,3)4)21-11-22-16/h6-12,17,24,29H,1-5H3,(H,23,27). The van der Waals surface area contributed by atoms with Gasteiger partial charge < -0.3 is 9.64 Å². The lowest BCUT2D eigenvalue weighted by Crippen LogP contribution is -2.41. The molecular formula is C20H26N6O4. The van der Waals surface area contributed by atoms with Crippen LogP contribution < -0.4 is 15.7 Å². The van der Waals surface area contributed by atoms with E-state index in [0.717, 1.165) is 5.69 Å². The first-order valence-electron chi connectivity index (χ1n) is 9.48. The van der Waals surface area contributed by atoms with Gasteiger partial charge in [-0.3, -0.25) is 16.0 Å². The number of nitrogens with zero attached hydrogens (tertiary/aromatic N) is 4. The Morgan fingerprint density at radius 3 is 2.40 bits per heavy atom. The summed E-state index contributed by atoms with van der Waals surface area (Å²) in [4.78, 5) is 36.7. The van der Waals surface area contributed by atoms with Crippen LogP contribution in [0.5, 0.6) is 0 Å². The first-order valence-corrected chi connectivity index (χ1v) is 9.48. The maximum absolute atomic E-state index is 12.8. The maximum Gasteiger partial charge on any atom is 0.413 e. The molecule has 1 fully saturated rings. The van der Waals surface area contributed by atoms with Crippen LogP contribution in [0.4, 0.5) is 26.8 Å². The van der Waals surface area contributed by atoms with E-state index in [-0.39, 0.29) is 11.4 Å². The van der Waals surface area contributed by atoms with Gasteiger partial charge in [0.25, 0.3) is 0 Å². The van der Waals surface area contributed by atoms with E-state index in [2.05, 4.69) is 15.3 Å². The lowest BCUT2D eigenvalue weighted by atomic mass is 9.92. The fourth-order valence-electron chi connectivity index (χ4n) is 3.01. The number of anilines is 3. The van der Waals surface area contributed by atoms with E-state index in [0.29, 0.717) is 17.2 Å². The molecule has 0 radical (unpaired) electrons. The monoisotopic (exact) mass is 414 g/mol. The van der Waals surface area contributed by atoms with E-state index in [9.17, 15) is 9.59 Å². The predicted molar refractivity (Wildman–Crippen MR) is 112 cm³/mol. The van der Waals surface area contributed by atoms with Crippen molar-refractivity contribution in [3.8, 4) is 0 Å². The summed E-state index contributed by atoms with van der Waals surface area (Å²) in [7, 11) is 1.65. The molecule has 0 aliphatic carbocycles. The molecule has 30 heavy (non-hydrogen) atoms. The highest BCUT2D eigenvalue weighted by Gasteiger charge is 2.45. The Bertz CT molecular complexity index is 928. The molecule has 1 aliphatic heterocycles. The highest BCUT2D eigenvalue weighted by atomic mass is 16.6. The topological polar surface area (TPSA) is 120 Å². The molecule has 10 nitrogen and oxygen atoms in total. The zero-order valence-electron chi connectivity index (χ0n) is 17.6. The van der Waals surface area contributed by atoms with Gasteiger partial charge in [0.15, 0.2) is 0 Å². The van der Waals surface area contributed by atoms with E-state index in [1.807, 2.05) is 26.3 Å². The Balaban J connectivity index is 1.82. The Hall–Kier alpha value is -3.40. The summed E-state index contributed by atoms with van der Waals surface area (Å²) in [5.74, 6) is 0.368. The van der Waals surface area contributed by atoms with Gasteiger partial charge in [-0.05, 0) is 31.2 Å². The van der Waals surface area contributed by atoms with Crippen molar-refractivity contribution in [3.63, 3.8) is 0 Å². The molecule has 2 atom stereocenters. The molecule has 3 amide bonds. The van der Waals surface area contributed by atoms with E-state index in [4.69, 9.17) is 9.94 Å². The molecule has 1 saturated heterocycles. The number of amides is 3. The second kappa shape index (κ2) is 8.15. The van der Waals surface area contributed by atoms with Gasteiger partial charge in [0, 0.05) is 24.2 Å². The Morgan fingerprint density at radius 1 is 1.17 bits per heavy atom. The summed E-state index contributed by atoms with van der Waals surface area (Å²) in [5, 5.41) is 11.5. The number of benzene rings is 1. The highest BCUT2D eigenvalue weighted by molar-refractivity contribution is 5.95. The van der Waals surface area contributed by atoms with Gasteiger partial charge in [-0.25, -0.2) is 24.5 Å². The first kappa shape index (κ1) is 21.3. The number of ether oxygens (including phenoxy) is 1. The SMILES string of the molecule is CC1C(OC(=O)Nc2ccc(NO)cc2)N(c2cc(C(C)(C)C)ncn2)C(=O)N1C. The lowest BCUT2D eigenvalue weighted by molar-refractivity contribution is 0.0928. The molecule has 1 aliphatic rings. The molecule has 2 heterocycles. The molecule has 160 valence electrons. The number of aromatic nitrogens is 2. The zero-order valence-corrected chi connectivity index (χ0v) is 17.6. The van der Waals surface area contributed by atoms with Crippen LogP contribution in [-0.2, 0) is 10.2 Å². The van der Waals surface area contributed by atoms with Crippen molar-refractivity contribution in [2.75, 3.05) is 22.7 Å². The second-order valence-corrected chi connectivity index (χ2v) is 8.13. The van der Waals surface area contributed by atoms with Crippen molar-refractivity contribution in [1.82, 2.24) is 14.9 Å². The summed E-state index contributed by atoms with van der Waals surface area (Å²) in [6.45, 7) is 7.83. The van der Waals surface area contributed by atoms with Crippen molar-refractivity contribution in [3.05, 3.63) is 42.4 Å². The zero-order chi connectivity index (χ0) is 22.1. The molecule has 2 aromatic rings. The molecule has 1 aromatic carbocycles. The van der Waals surface area contributed by atoms with Gasteiger partial charge in [0.2, 0.25) is 6.23 Å². The minimum atomic E-state index is -0.872. The number of urea groups is 1. The van der Waals surface area contributed by atoms with Crippen LogP contribution in [0.15, 0.2) is 36.7 Å². The number of carbonyl (C=O) groups excluding carboxylic acids is 2. The molecule has 0 saturated carbocycles. The number of likely N-dealkylation sites (N-methyl/N-ethyl adjacent to an activating group) is 1. The van der Waals surface area contributed by atoms with E-state index in [1.165, 1.54) is 16.1 Å². The minimum absolute atomic E-state index is 0.235. The molecule has 10 heteroatoms. The van der Waals surface area contributed by atoms with Gasteiger partial charge in [0.1, 0.15) is 12.1 Å². The number of carbonyl (C=O) groups is 2. The van der Waals surface area contributed by atoms with Gasteiger partial charge in [0.05, 0.1) is 17.4 Å². The van der Waals surface area contributed by atoms with Gasteiger partial charge in [-0.15, -0.1) is 0 Å². The van der Waals surface area contributed by atoms with Crippen molar-refractivity contribution in [2.45, 2.75) is 45.4 Å². The van der Waals surface area contributed by atoms with Crippen LogP contribution in [0, 0.1) is 0 Å². The third-order valence-corrected chi connectivity index (χ3v) is 4.94. The molecule has 1 aromatic heterocycles. The van der Waals surface area contributed by atoms with Crippen LogP contribution in [-0.4, -0.2) is 51.5 Å². The molecule has 3 N–H and O–H groups in total. The predicted octanol–water partition coefficient (Wildman–Crippen LogP) is 3.41. The first-order chi connectivity index (χ1) is 14.1. The van der Waals surface area contributed by atoms with Crippen molar-refractivity contribution < 1.29 is 19.5 Å². The molecular weight excluding hydrogens is 388 g/mol. The fourth-order valence-corrected chi connectivity index (χ4v) is 3.01. The van der Waals surface area contributed by atoms with Crippen LogP contribution in [0.25, 0.3) is 0 Å². The van der Waals surface area contributed by atoms with Crippen LogP contribution in [0.1, 0.15) is 33.4 Å². The average Bonchev–Trinajstić information content (AvgIpc) is 2.91. The summed E-state index contributed by atoms with van der Waals surface area (Å²) >= 11 is 0. The summed E-state index contributed by atoms with van der Waals surface area (Å²) in [6.07, 6.45) is -0.182. The Labute approximate surface area is 174 Å². The smallest absolute Gasteiger partial charge is 0.413 e. The molecule has 0 spiro atoms. The third-order valence-electron chi connectivity index (χ3n) is 4.94. The molecule has 0 bridgehead atoms. The van der Waals surface area contributed by atoms with Crippen molar-refractivity contribution in [1.29, 1.82) is 0 Å². The number of nitrogens with one attached hydrogen (secondary N) is 2. The normalized spacial score (nSPS) is 19.1.